The first-order valence-electron chi connectivity index (χ1n) is 7.10. The quantitative estimate of drug-likeness (QED) is 0.705. The minimum atomic E-state index is -0.507. The molecule has 0 aromatic carbocycles. The summed E-state index contributed by atoms with van der Waals surface area (Å²) >= 11 is 1.91. The predicted molar refractivity (Wildman–Crippen MR) is 86.2 cm³/mol. The number of aromatic nitrogens is 2. The van der Waals surface area contributed by atoms with E-state index in [1.54, 1.807) is 7.11 Å². The highest BCUT2D eigenvalue weighted by molar-refractivity contribution is 7.99. The van der Waals surface area contributed by atoms with Crippen molar-refractivity contribution in [3.63, 3.8) is 0 Å². The molecule has 21 heavy (non-hydrogen) atoms. The summed E-state index contributed by atoms with van der Waals surface area (Å²) in [5.74, 6) is 1.33. The van der Waals surface area contributed by atoms with Gasteiger partial charge in [0.15, 0.2) is 0 Å². The molecule has 8 heteroatoms. The van der Waals surface area contributed by atoms with Gasteiger partial charge in [0.2, 0.25) is 0 Å². The van der Waals surface area contributed by atoms with Crippen LogP contribution in [-0.4, -0.2) is 40.8 Å². The van der Waals surface area contributed by atoms with Crippen molar-refractivity contribution in [1.82, 2.24) is 9.55 Å². The average molecular weight is 314 g/mol. The topological polar surface area (TPSA) is 102 Å². The van der Waals surface area contributed by atoms with Crippen molar-refractivity contribution in [2.24, 2.45) is 0 Å². The van der Waals surface area contributed by atoms with E-state index in [2.05, 4.69) is 10.3 Å². The molecule has 1 atom stereocenters. The van der Waals surface area contributed by atoms with Crippen molar-refractivity contribution < 1.29 is 4.74 Å². The second-order valence-corrected chi connectivity index (χ2v) is 6.44. The molecule has 1 aromatic rings. The first-order chi connectivity index (χ1) is 10.1. The van der Waals surface area contributed by atoms with Crippen LogP contribution in [0.3, 0.4) is 0 Å². The van der Waals surface area contributed by atoms with Gasteiger partial charge in [0, 0.05) is 18.9 Å². The van der Waals surface area contributed by atoms with Gasteiger partial charge in [-0.3, -0.25) is 14.3 Å². The number of nitrogens with two attached hydrogens (primary N) is 1. The molecular formula is C13H22N4O3S. The number of hydrogen-bond acceptors (Lipinski definition) is 6. The Hall–Kier alpha value is -1.41. The van der Waals surface area contributed by atoms with E-state index >= 15 is 0 Å². The fourth-order valence-corrected chi connectivity index (χ4v) is 3.59. The third-order valence-corrected chi connectivity index (χ3v) is 4.94. The minimum absolute atomic E-state index is 0.168. The largest absolute Gasteiger partial charge is 0.383 e. The van der Waals surface area contributed by atoms with Crippen molar-refractivity contribution in [2.75, 3.05) is 37.1 Å². The summed E-state index contributed by atoms with van der Waals surface area (Å²) in [6.45, 7) is 1.35. The predicted octanol–water partition coefficient (Wildman–Crippen LogP) is 0.463. The van der Waals surface area contributed by atoms with E-state index in [1.807, 2.05) is 11.8 Å². The Morgan fingerprint density at radius 2 is 2.29 bits per heavy atom. The van der Waals surface area contributed by atoms with Crippen LogP contribution in [-0.2, 0) is 11.3 Å². The Morgan fingerprint density at radius 3 is 2.95 bits per heavy atom. The molecule has 1 aliphatic rings. The van der Waals surface area contributed by atoms with E-state index in [-0.39, 0.29) is 11.5 Å². The van der Waals surface area contributed by atoms with Crippen molar-refractivity contribution in [3.05, 3.63) is 20.8 Å². The SMILES string of the molecule is COCCn1c(N)c(NCC2CCCCS2)c(=O)[nH]c1=O. The molecule has 118 valence electrons. The molecule has 1 aromatic heterocycles. The zero-order chi connectivity index (χ0) is 15.2. The van der Waals surface area contributed by atoms with E-state index in [0.717, 1.165) is 12.2 Å². The van der Waals surface area contributed by atoms with Gasteiger partial charge in [0.1, 0.15) is 11.5 Å². The number of thioether (sulfide) groups is 1. The van der Waals surface area contributed by atoms with Gasteiger partial charge in [0.25, 0.3) is 5.56 Å². The zero-order valence-corrected chi connectivity index (χ0v) is 13.0. The number of anilines is 2. The van der Waals surface area contributed by atoms with E-state index in [1.165, 1.54) is 17.4 Å². The van der Waals surface area contributed by atoms with Crippen LogP contribution in [0, 0.1) is 0 Å². The maximum atomic E-state index is 11.9. The van der Waals surface area contributed by atoms with Crippen LogP contribution in [0.15, 0.2) is 9.59 Å². The van der Waals surface area contributed by atoms with Crippen molar-refractivity contribution in [3.8, 4) is 0 Å². The van der Waals surface area contributed by atoms with Crippen LogP contribution in [0.4, 0.5) is 11.5 Å². The molecule has 0 bridgehead atoms. The van der Waals surface area contributed by atoms with E-state index in [0.29, 0.717) is 24.9 Å². The van der Waals surface area contributed by atoms with Crippen LogP contribution in [0.5, 0.6) is 0 Å². The molecule has 0 radical (unpaired) electrons. The summed E-state index contributed by atoms with van der Waals surface area (Å²) in [4.78, 5) is 26.0. The van der Waals surface area contributed by atoms with Crippen LogP contribution < -0.4 is 22.3 Å². The number of aromatic amines is 1. The lowest BCUT2D eigenvalue weighted by molar-refractivity contribution is 0.186. The summed E-state index contributed by atoms with van der Waals surface area (Å²) < 4.78 is 6.27. The summed E-state index contributed by atoms with van der Waals surface area (Å²) in [7, 11) is 1.55. The molecule has 0 aliphatic carbocycles. The van der Waals surface area contributed by atoms with Gasteiger partial charge in [-0.1, -0.05) is 6.42 Å². The molecule has 2 heterocycles. The Kier molecular flexibility index (Phi) is 5.75. The Morgan fingerprint density at radius 1 is 1.48 bits per heavy atom. The third-order valence-electron chi connectivity index (χ3n) is 3.54. The van der Waals surface area contributed by atoms with Crippen molar-refractivity contribution >= 4 is 23.3 Å². The highest BCUT2D eigenvalue weighted by atomic mass is 32.2. The number of nitrogen functional groups attached to an aromatic ring is 1. The summed E-state index contributed by atoms with van der Waals surface area (Å²) in [5, 5.41) is 3.59. The fourth-order valence-electron chi connectivity index (χ4n) is 2.35. The second kappa shape index (κ2) is 7.56. The van der Waals surface area contributed by atoms with Crippen LogP contribution in [0.1, 0.15) is 19.3 Å². The van der Waals surface area contributed by atoms with Gasteiger partial charge in [-0.15, -0.1) is 0 Å². The number of nitrogens with one attached hydrogen (secondary N) is 2. The van der Waals surface area contributed by atoms with Crippen LogP contribution >= 0.6 is 11.8 Å². The molecule has 1 aliphatic heterocycles. The van der Waals surface area contributed by atoms with Crippen LogP contribution in [0.25, 0.3) is 0 Å². The molecule has 1 saturated heterocycles. The standard InChI is InChI=1S/C13H22N4O3S/c1-20-6-5-17-11(14)10(12(18)16-13(17)19)15-8-9-4-2-3-7-21-9/h9,15H,2-8,14H2,1H3,(H,16,18,19). The first kappa shape index (κ1) is 16.0. The maximum absolute atomic E-state index is 11.9. The molecule has 1 unspecified atom stereocenters. The molecular weight excluding hydrogens is 292 g/mol. The van der Waals surface area contributed by atoms with E-state index in [9.17, 15) is 9.59 Å². The highest BCUT2D eigenvalue weighted by Crippen LogP contribution is 2.25. The third kappa shape index (κ3) is 4.04. The molecule has 1 fully saturated rings. The Bertz CT molecular complexity index is 578. The summed E-state index contributed by atoms with van der Waals surface area (Å²) in [5.41, 5.74) is 5.26. The lowest BCUT2D eigenvalue weighted by Crippen LogP contribution is -2.36. The smallest absolute Gasteiger partial charge is 0.330 e. The first-order valence-corrected chi connectivity index (χ1v) is 8.15. The Labute approximate surface area is 127 Å². The lowest BCUT2D eigenvalue weighted by atomic mass is 10.2. The minimum Gasteiger partial charge on any atom is -0.383 e. The fraction of sp³-hybridized carbons (Fsp3) is 0.692. The normalized spacial score (nSPS) is 18.6. The van der Waals surface area contributed by atoms with Crippen molar-refractivity contribution in [1.29, 1.82) is 0 Å². The van der Waals surface area contributed by atoms with Gasteiger partial charge in [0.05, 0.1) is 13.2 Å². The van der Waals surface area contributed by atoms with Gasteiger partial charge < -0.3 is 15.8 Å². The number of nitrogens with zero attached hydrogens (tertiary/aromatic N) is 1. The molecule has 2 rings (SSSR count). The molecule has 4 N–H and O–H groups in total. The van der Waals surface area contributed by atoms with Gasteiger partial charge in [-0.25, -0.2) is 4.79 Å². The summed E-state index contributed by atoms with van der Waals surface area (Å²) in [6, 6.07) is 0. The van der Waals surface area contributed by atoms with Crippen LogP contribution in [0.2, 0.25) is 0 Å². The molecule has 7 nitrogen and oxygen atoms in total. The summed E-state index contributed by atoms with van der Waals surface area (Å²) in [6.07, 6.45) is 3.61. The lowest BCUT2D eigenvalue weighted by Gasteiger charge is -2.22. The number of rotatable bonds is 6. The maximum Gasteiger partial charge on any atom is 0.330 e. The monoisotopic (exact) mass is 314 g/mol. The number of hydrogen-bond donors (Lipinski definition) is 3. The number of ether oxygens (including phenoxy) is 1. The molecule has 0 spiro atoms. The van der Waals surface area contributed by atoms with E-state index < -0.39 is 11.2 Å². The Balaban J connectivity index is 2.14. The van der Waals surface area contributed by atoms with Crippen molar-refractivity contribution in [2.45, 2.75) is 31.1 Å². The number of methoxy groups -OCH3 is 1. The van der Waals surface area contributed by atoms with E-state index in [4.69, 9.17) is 10.5 Å². The van der Waals surface area contributed by atoms with Gasteiger partial charge in [-0.2, -0.15) is 11.8 Å². The molecule has 0 saturated carbocycles. The highest BCUT2D eigenvalue weighted by Gasteiger charge is 2.16. The average Bonchev–Trinajstić information content (AvgIpc) is 2.47. The van der Waals surface area contributed by atoms with Gasteiger partial charge >= 0.3 is 5.69 Å². The zero-order valence-electron chi connectivity index (χ0n) is 12.2. The van der Waals surface area contributed by atoms with Gasteiger partial charge in [-0.05, 0) is 18.6 Å². The molecule has 0 amide bonds. The second-order valence-electron chi connectivity index (χ2n) is 5.03. The number of H-pyrrole nitrogens is 1.